The van der Waals surface area contributed by atoms with Crippen molar-refractivity contribution in [2.45, 2.75) is 33.1 Å². The maximum atomic E-state index is 3.86. The largest absolute Gasteiger partial charge is 0.319 e. The second kappa shape index (κ2) is 5.36. The van der Waals surface area contributed by atoms with E-state index in [4.69, 9.17) is 0 Å². The standard InChI is InChI=1S/C10H21N/c1-5-7-8-10(3,6-2)9-11-4/h6,11H,2,5,7-9H2,1,3-4H3. The van der Waals surface area contributed by atoms with E-state index in [1.807, 2.05) is 7.05 Å². The Morgan fingerprint density at radius 2 is 2.18 bits per heavy atom. The van der Waals surface area contributed by atoms with E-state index in [2.05, 4.69) is 31.8 Å². The minimum Gasteiger partial charge on any atom is -0.319 e. The van der Waals surface area contributed by atoms with E-state index < -0.39 is 0 Å². The maximum Gasteiger partial charge on any atom is 0.00367 e. The van der Waals surface area contributed by atoms with Crippen molar-refractivity contribution in [3.05, 3.63) is 12.7 Å². The lowest BCUT2D eigenvalue weighted by Crippen LogP contribution is -2.27. The molecule has 1 N–H and O–H groups in total. The van der Waals surface area contributed by atoms with Gasteiger partial charge in [0, 0.05) is 6.54 Å². The lowest BCUT2D eigenvalue weighted by atomic mass is 9.85. The van der Waals surface area contributed by atoms with Gasteiger partial charge < -0.3 is 5.32 Å². The third kappa shape index (κ3) is 4.20. The highest BCUT2D eigenvalue weighted by Gasteiger charge is 2.17. The van der Waals surface area contributed by atoms with Gasteiger partial charge >= 0.3 is 0 Å². The minimum absolute atomic E-state index is 0.296. The van der Waals surface area contributed by atoms with Gasteiger partial charge in [0.25, 0.3) is 0 Å². The molecule has 1 heteroatoms. The molecule has 1 atom stereocenters. The van der Waals surface area contributed by atoms with Gasteiger partial charge in [0.05, 0.1) is 0 Å². The summed E-state index contributed by atoms with van der Waals surface area (Å²) >= 11 is 0. The van der Waals surface area contributed by atoms with Crippen LogP contribution in [0.25, 0.3) is 0 Å². The Labute approximate surface area is 70.9 Å². The van der Waals surface area contributed by atoms with E-state index in [-0.39, 0.29) is 0 Å². The lowest BCUT2D eigenvalue weighted by molar-refractivity contribution is 0.364. The van der Waals surface area contributed by atoms with Gasteiger partial charge in [0.1, 0.15) is 0 Å². The van der Waals surface area contributed by atoms with Crippen LogP contribution >= 0.6 is 0 Å². The number of rotatable bonds is 6. The zero-order valence-electron chi connectivity index (χ0n) is 8.11. The first-order valence-electron chi connectivity index (χ1n) is 4.46. The van der Waals surface area contributed by atoms with Crippen LogP contribution in [0.4, 0.5) is 0 Å². The highest BCUT2D eigenvalue weighted by molar-refractivity contribution is 4.92. The van der Waals surface area contributed by atoms with E-state index in [0.29, 0.717) is 5.41 Å². The summed E-state index contributed by atoms with van der Waals surface area (Å²) in [5.74, 6) is 0. The molecule has 0 spiro atoms. The number of hydrogen-bond donors (Lipinski definition) is 1. The molecule has 0 saturated heterocycles. The van der Waals surface area contributed by atoms with Crippen LogP contribution in [0.15, 0.2) is 12.7 Å². The molecular formula is C10H21N. The fraction of sp³-hybridized carbons (Fsp3) is 0.800. The first kappa shape index (κ1) is 10.7. The Balaban J connectivity index is 3.77. The first-order chi connectivity index (χ1) is 5.18. The van der Waals surface area contributed by atoms with Gasteiger partial charge in [-0.05, 0) is 18.9 Å². The van der Waals surface area contributed by atoms with Crippen molar-refractivity contribution in [2.75, 3.05) is 13.6 Å². The molecule has 0 radical (unpaired) electrons. The summed E-state index contributed by atoms with van der Waals surface area (Å²) in [5.41, 5.74) is 0.296. The van der Waals surface area contributed by atoms with Gasteiger partial charge in [0.2, 0.25) is 0 Å². The molecule has 1 nitrogen and oxygen atoms in total. The van der Waals surface area contributed by atoms with E-state index in [0.717, 1.165) is 6.54 Å². The molecule has 0 aromatic rings. The molecule has 11 heavy (non-hydrogen) atoms. The second-order valence-corrected chi connectivity index (χ2v) is 3.49. The van der Waals surface area contributed by atoms with E-state index in [1.165, 1.54) is 19.3 Å². The van der Waals surface area contributed by atoms with Crippen LogP contribution in [0.3, 0.4) is 0 Å². The van der Waals surface area contributed by atoms with Gasteiger partial charge in [-0.15, -0.1) is 6.58 Å². The lowest BCUT2D eigenvalue weighted by Gasteiger charge is -2.24. The molecule has 0 aromatic heterocycles. The van der Waals surface area contributed by atoms with Crippen LogP contribution in [0.5, 0.6) is 0 Å². The predicted octanol–water partition coefficient (Wildman–Crippen LogP) is 2.59. The van der Waals surface area contributed by atoms with Crippen LogP contribution in [-0.4, -0.2) is 13.6 Å². The average molecular weight is 155 g/mol. The number of unbranched alkanes of at least 4 members (excludes halogenated alkanes) is 1. The SMILES string of the molecule is C=CC(C)(CCCC)CNC. The zero-order valence-corrected chi connectivity index (χ0v) is 8.11. The molecule has 0 aromatic carbocycles. The number of nitrogens with one attached hydrogen (secondary N) is 1. The Morgan fingerprint density at radius 1 is 1.55 bits per heavy atom. The molecule has 0 rings (SSSR count). The molecule has 0 aliphatic carbocycles. The van der Waals surface area contributed by atoms with Crippen LogP contribution in [0.1, 0.15) is 33.1 Å². The van der Waals surface area contributed by atoms with Crippen molar-refractivity contribution in [2.24, 2.45) is 5.41 Å². The Kier molecular flexibility index (Phi) is 5.22. The Hall–Kier alpha value is -0.300. The second-order valence-electron chi connectivity index (χ2n) is 3.49. The van der Waals surface area contributed by atoms with Crippen molar-refractivity contribution in [3.8, 4) is 0 Å². The molecule has 0 heterocycles. The summed E-state index contributed by atoms with van der Waals surface area (Å²) in [4.78, 5) is 0. The molecule has 0 bridgehead atoms. The average Bonchev–Trinajstić information content (AvgIpc) is 2.02. The highest BCUT2D eigenvalue weighted by Crippen LogP contribution is 2.23. The topological polar surface area (TPSA) is 12.0 Å². The summed E-state index contributed by atoms with van der Waals surface area (Å²) in [7, 11) is 1.99. The zero-order chi connectivity index (χ0) is 8.74. The van der Waals surface area contributed by atoms with Gasteiger partial charge in [-0.2, -0.15) is 0 Å². The fourth-order valence-electron chi connectivity index (χ4n) is 1.25. The third-order valence-corrected chi connectivity index (χ3v) is 2.17. The fourth-order valence-corrected chi connectivity index (χ4v) is 1.25. The van der Waals surface area contributed by atoms with Crippen LogP contribution in [0.2, 0.25) is 0 Å². The molecule has 0 aliphatic heterocycles. The predicted molar refractivity (Wildman–Crippen MR) is 51.8 cm³/mol. The van der Waals surface area contributed by atoms with Crippen LogP contribution < -0.4 is 5.32 Å². The summed E-state index contributed by atoms with van der Waals surface area (Å²) in [6, 6.07) is 0. The van der Waals surface area contributed by atoms with Crippen molar-refractivity contribution >= 4 is 0 Å². The molecule has 0 aliphatic rings. The third-order valence-electron chi connectivity index (χ3n) is 2.17. The van der Waals surface area contributed by atoms with Gasteiger partial charge in [0.15, 0.2) is 0 Å². The van der Waals surface area contributed by atoms with Crippen LogP contribution in [0, 0.1) is 5.41 Å². The molecular weight excluding hydrogens is 134 g/mol. The first-order valence-corrected chi connectivity index (χ1v) is 4.46. The van der Waals surface area contributed by atoms with E-state index >= 15 is 0 Å². The van der Waals surface area contributed by atoms with Gasteiger partial charge in [-0.1, -0.05) is 32.8 Å². The monoisotopic (exact) mass is 155 g/mol. The maximum absolute atomic E-state index is 3.86. The summed E-state index contributed by atoms with van der Waals surface area (Å²) in [6.45, 7) is 9.38. The van der Waals surface area contributed by atoms with Crippen LogP contribution in [-0.2, 0) is 0 Å². The highest BCUT2D eigenvalue weighted by atomic mass is 14.8. The smallest absolute Gasteiger partial charge is 0.00367 e. The number of hydrogen-bond acceptors (Lipinski definition) is 1. The summed E-state index contributed by atoms with van der Waals surface area (Å²) < 4.78 is 0. The van der Waals surface area contributed by atoms with E-state index in [9.17, 15) is 0 Å². The van der Waals surface area contributed by atoms with Gasteiger partial charge in [-0.25, -0.2) is 0 Å². The summed E-state index contributed by atoms with van der Waals surface area (Å²) in [6.07, 6.45) is 5.88. The van der Waals surface area contributed by atoms with E-state index in [1.54, 1.807) is 0 Å². The van der Waals surface area contributed by atoms with Crippen molar-refractivity contribution in [1.82, 2.24) is 5.32 Å². The Bertz CT molecular complexity index is 109. The molecule has 0 amide bonds. The van der Waals surface area contributed by atoms with Gasteiger partial charge in [-0.3, -0.25) is 0 Å². The molecule has 0 fully saturated rings. The van der Waals surface area contributed by atoms with Crippen molar-refractivity contribution < 1.29 is 0 Å². The minimum atomic E-state index is 0.296. The van der Waals surface area contributed by atoms with Crippen molar-refractivity contribution in [1.29, 1.82) is 0 Å². The quantitative estimate of drug-likeness (QED) is 0.581. The molecule has 0 saturated carbocycles. The molecule has 66 valence electrons. The summed E-state index contributed by atoms with van der Waals surface area (Å²) in [5, 5.41) is 3.20. The molecule has 1 unspecified atom stereocenters. The Morgan fingerprint density at radius 3 is 2.55 bits per heavy atom. The van der Waals surface area contributed by atoms with Crippen molar-refractivity contribution in [3.63, 3.8) is 0 Å². The normalized spacial score (nSPS) is 15.9.